The first-order chi connectivity index (χ1) is 9.19. The summed E-state index contributed by atoms with van der Waals surface area (Å²) in [5, 5.41) is 6.61. The zero-order valence-electron chi connectivity index (χ0n) is 13.0. The minimum atomic E-state index is 0.161. The molecule has 0 spiro atoms. The van der Waals surface area contributed by atoms with E-state index in [1.165, 1.54) is 0 Å². The number of hydrogen-bond acceptors (Lipinski definition) is 6. The summed E-state index contributed by atoms with van der Waals surface area (Å²) in [6.07, 6.45) is 3.28. The van der Waals surface area contributed by atoms with Gasteiger partial charge >= 0.3 is 0 Å². The maximum atomic E-state index is 5.38. The van der Waals surface area contributed by atoms with Gasteiger partial charge in [0.25, 0.3) is 0 Å². The SMILES string of the molecule is C=C(NN)NCC1(C)CC(NC(=C)NN)CC(C)(C)C1. The van der Waals surface area contributed by atoms with Gasteiger partial charge in [-0.3, -0.25) is 0 Å². The predicted molar refractivity (Wildman–Crippen MR) is 83.6 cm³/mol. The molecule has 6 heteroatoms. The van der Waals surface area contributed by atoms with Crippen LogP contribution >= 0.6 is 0 Å². The number of rotatable bonds is 7. The molecule has 0 bridgehead atoms. The van der Waals surface area contributed by atoms with Crippen LogP contribution in [0.2, 0.25) is 0 Å². The van der Waals surface area contributed by atoms with Crippen molar-refractivity contribution in [3.8, 4) is 0 Å². The summed E-state index contributed by atoms with van der Waals surface area (Å²) in [5.41, 5.74) is 5.52. The fraction of sp³-hybridized carbons (Fsp3) is 0.714. The summed E-state index contributed by atoms with van der Waals surface area (Å²) in [5.74, 6) is 12.0. The zero-order valence-corrected chi connectivity index (χ0v) is 13.0. The fourth-order valence-corrected chi connectivity index (χ4v) is 3.53. The third-order valence-electron chi connectivity index (χ3n) is 3.90. The van der Waals surface area contributed by atoms with Crippen LogP contribution in [0.1, 0.15) is 40.0 Å². The fourth-order valence-electron chi connectivity index (χ4n) is 3.53. The summed E-state index contributed by atoms with van der Waals surface area (Å²) in [4.78, 5) is 0. The monoisotopic (exact) mass is 282 g/mol. The van der Waals surface area contributed by atoms with Gasteiger partial charge < -0.3 is 21.5 Å². The highest BCUT2D eigenvalue weighted by atomic mass is 15.3. The lowest BCUT2D eigenvalue weighted by Gasteiger charge is -2.47. The van der Waals surface area contributed by atoms with Crippen molar-refractivity contribution in [3.05, 3.63) is 24.8 Å². The largest absolute Gasteiger partial charge is 0.371 e. The minimum absolute atomic E-state index is 0.161. The molecule has 1 saturated carbocycles. The van der Waals surface area contributed by atoms with Crippen molar-refractivity contribution in [2.75, 3.05) is 6.54 Å². The number of nitrogens with two attached hydrogens (primary N) is 2. The van der Waals surface area contributed by atoms with E-state index in [0.29, 0.717) is 17.7 Å². The average Bonchev–Trinajstić information content (AvgIpc) is 2.33. The van der Waals surface area contributed by atoms with Gasteiger partial charge in [-0.1, -0.05) is 33.9 Å². The zero-order chi connectivity index (χ0) is 15.4. The first-order valence-electron chi connectivity index (χ1n) is 7.01. The first kappa shape index (κ1) is 16.7. The molecular formula is C14H30N6. The average molecular weight is 282 g/mol. The highest BCUT2D eigenvalue weighted by Gasteiger charge is 2.41. The van der Waals surface area contributed by atoms with E-state index in [9.17, 15) is 0 Å². The predicted octanol–water partition coefficient (Wildman–Crippen LogP) is 0.620. The molecular weight excluding hydrogens is 252 g/mol. The van der Waals surface area contributed by atoms with Crippen molar-refractivity contribution in [1.82, 2.24) is 21.5 Å². The van der Waals surface area contributed by atoms with Gasteiger partial charge in [0.05, 0.1) is 0 Å². The van der Waals surface area contributed by atoms with E-state index in [-0.39, 0.29) is 10.8 Å². The van der Waals surface area contributed by atoms with Crippen molar-refractivity contribution in [3.63, 3.8) is 0 Å². The Balaban J connectivity index is 2.70. The van der Waals surface area contributed by atoms with E-state index in [0.717, 1.165) is 25.8 Å². The quantitative estimate of drug-likeness (QED) is 0.302. The molecule has 6 nitrogen and oxygen atoms in total. The van der Waals surface area contributed by atoms with Gasteiger partial charge in [0.1, 0.15) is 11.6 Å². The van der Waals surface area contributed by atoms with E-state index >= 15 is 0 Å². The smallest absolute Gasteiger partial charge is 0.106 e. The molecule has 0 aromatic carbocycles. The molecule has 1 rings (SSSR count). The van der Waals surface area contributed by atoms with Crippen molar-refractivity contribution in [1.29, 1.82) is 0 Å². The normalized spacial score (nSPS) is 28.4. The molecule has 0 saturated heterocycles. The number of hydrogen-bond donors (Lipinski definition) is 6. The van der Waals surface area contributed by atoms with Crippen LogP contribution in [-0.4, -0.2) is 12.6 Å². The number of hydrazine groups is 2. The summed E-state index contributed by atoms with van der Waals surface area (Å²) >= 11 is 0. The van der Waals surface area contributed by atoms with Crippen LogP contribution in [0.15, 0.2) is 24.8 Å². The summed E-state index contributed by atoms with van der Waals surface area (Å²) in [6, 6.07) is 0.355. The first-order valence-corrected chi connectivity index (χ1v) is 7.01. The maximum Gasteiger partial charge on any atom is 0.106 e. The second-order valence-corrected chi connectivity index (χ2v) is 7.00. The van der Waals surface area contributed by atoms with Crippen LogP contribution in [0, 0.1) is 10.8 Å². The van der Waals surface area contributed by atoms with E-state index in [2.05, 4.69) is 55.4 Å². The molecule has 0 aliphatic heterocycles. The van der Waals surface area contributed by atoms with Crippen molar-refractivity contribution >= 4 is 0 Å². The van der Waals surface area contributed by atoms with Gasteiger partial charge in [-0.15, -0.1) is 0 Å². The topological polar surface area (TPSA) is 100 Å². The molecule has 1 aliphatic carbocycles. The molecule has 2 unspecified atom stereocenters. The lowest BCUT2D eigenvalue weighted by atomic mass is 9.62. The Kier molecular flexibility index (Phi) is 5.30. The van der Waals surface area contributed by atoms with Crippen molar-refractivity contribution in [2.45, 2.75) is 46.1 Å². The lowest BCUT2D eigenvalue weighted by molar-refractivity contribution is 0.0746. The van der Waals surface area contributed by atoms with E-state index in [1.54, 1.807) is 0 Å². The molecule has 0 radical (unpaired) electrons. The molecule has 20 heavy (non-hydrogen) atoms. The molecule has 0 aromatic rings. The molecule has 116 valence electrons. The van der Waals surface area contributed by atoms with Gasteiger partial charge in [0.2, 0.25) is 0 Å². The van der Waals surface area contributed by atoms with Crippen LogP contribution in [0.5, 0.6) is 0 Å². The second kappa shape index (κ2) is 6.37. The summed E-state index contributed by atoms with van der Waals surface area (Å²) in [7, 11) is 0. The Labute approximate surface area is 122 Å². The Morgan fingerprint density at radius 1 is 1.10 bits per heavy atom. The Morgan fingerprint density at radius 3 is 2.25 bits per heavy atom. The molecule has 0 heterocycles. The highest BCUT2D eigenvalue weighted by Crippen LogP contribution is 2.45. The Hall–Kier alpha value is -1.40. The van der Waals surface area contributed by atoms with Gasteiger partial charge in [-0.05, 0) is 30.1 Å². The molecule has 8 N–H and O–H groups in total. The van der Waals surface area contributed by atoms with Crippen LogP contribution in [0.25, 0.3) is 0 Å². The summed E-state index contributed by atoms with van der Waals surface area (Å²) in [6.45, 7) is 15.4. The van der Waals surface area contributed by atoms with Crippen LogP contribution in [0.4, 0.5) is 0 Å². The van der Waals surface area contributed by atoms with Crippen LogP contribution in [-0.2, 0) is 0 Å². The van der Waals surface area contributed by atoms with Crippen molar-refractivity contribution < 1.29 is 0 Å². The van der Waals surface area contributed by atoms with E-state index in [4.69, 9.17) is 11.7 Å². The maximum absolute atomic E-state index is 5.38. The van der Waals surface area contributed by atoms with Crippen LogP contribution < -0.4 is 33.2 Å². The Bertz CT molecular complexity index is 365. The molecule has 0 aromatic heterocycles. The standard InChI is InChI=1S/C14H30N6/c1-10(19-15)17-9-14(5)7-12(18-11(2)20-16)6-13(3,4)8-14/h12,17-20H,1-2,6-9,15-16H2,3-5H3. The second-order valence-electron chi connectivity index (χ2n) is 7.00. The van der Waals surface area contributed by atoms with Gasteiger partial charge in [0.15, 0.2) is 0 Å². The van der Waals surface area contributed by atoms with Crippen molar-refractivity contribution in [2.24, 2.45) is 22.5 Å². The molecule has 0 amide bonds. The highest BCUT2D eigenvalue weighted by molar-refractivity contribution is 5.01. The minimum Gasteiger partial charge on any atom is -0.371 e. The molecule has 1 aliphatic rings. The molecule has 2 atom stereocenters. The van der Waals surface area contributed by atoms with Crippen LogP contribution in [0.3, 0.4) is 0 Å². The third-order valence-corrected chi connectivity index (χ3v) is 3.90. The van der Waals surface area contributed by atoms with Gasteiger partial charge in [-0.2, -0.15) is 0 Å². The van der Waals surface area contributed by atoms with Gasteiger partial charge in [-0.25, -0.2) is 11.7 Å². The van der Waals surface area contributed by atoms with E-state index in [1.807, 2.05) is 0 Å². The van der Waals surface area contributed by atoms with Gasteiger partial charge in [0, 0.05) is 12.6 Å². The lowest BCUT2D eigenvalue weighted by Crippen LogP contribution is -2.50. The summed E-state index contributed by atoms with van der Waals surface area (Å²) < 4.78 is 0. The number of nitrogens with one attached hydrogen (secondary N) is 4. The molecule has 1 fully saturated rings. The van der Waals surface area contributed by atoms with E-state index < -0.39 is 0 Å². The Morgan fingerprint density at radius 2 is 1.70 bits per heavy atom. The third kappa shape index (κ3) is 4.94.